The molecule has 0 spiro atoms. The summed E-state index contributed by atoms with van der Waals surface area (Å²) in [6.07, 6.45) is 0.583. The van der Waals surface area contributed by atoms with Crippen LogP contribution in [0.4, 0.5) is 0 Å². The third-order valence-corrected chi connectivity index (χ3v) is 3.39. The van der Waals surface area contributed by atoms with Crippen molar-refractivity contribution in [2.45, 2.75) is 50.5 Å². The van der Waals surface area contributed by atoms with Gasteiger partial charge in [0, 0.05) is 6.54 Å². The summed E-state index contributed by atoms with van der Waals surface area (Å²) in [6.45, 7) is 3.07. The first-order valence-electron chi connectivity index (χ1n) is 6.22. The quantitative estimate of drug-likeness (QED) is 0.349. The molecule has 0 unspecified atom stereocenters. The van der Waals surface area contributed by atoms with E-state index in [1.807, 2.05) is 4.90 Å². The molecule has 1 heterocycles. The van der Waals surface area contributed by atoms with E-state index in [0.29, 0.717) is 6.54 Å². The van der Waals surface area contributed by atoms with Crippen LogP contribution in [0.5, 0.6) is 0 Å². The van der Waals surface area contributed by atoms with E-state index < -0.39 is 24.4 Å². The molecule has 0 bridgehead atoms. The molecule has 0 aromatic rings. The van der Waals surface area contributed by atoms with Crippen molar-refractivity contribution in [1.82, 2.24) is 4.90 Å². The SMILES string of the molecule is CCCCCN1C[C@H](O)[C@@H](ON)[C@H](O)[C@H]1CO. The minimum atomic E-state index is -0.963. The summed E-state index contributed by atoms with van der Waals surface area (Å²) < 4.78 is 0. The number of rotatable bonds is 6. The number of aliphatic hydroxyl groups is 3. The van der Waals surface area contributed by atoms with Crippen LogP contribution in [0, 0.1) is 0 Å². The number of piperidine rings is 1. The van der Waals surface area contributed by atoms with Crippen LogP contribution < -0.4 is 5.90 Å². The predicted octanol–water partition coefficient (Wildman–Crippen LogP) is -1.17. The first-order valence-corrected chi connectivity index (χ1v) is 6.22. The van der Waals surface area contributed by atoms with Crippen LogP contribution in [-0.4, -0.2) is 64.3 Å². The molecule has 1 aliphatic heterocycles. The summed E-state index contributed by atoms with van der Waals surface area (Å²) in [7, 11) is 0. The Hall–Kier alpha value is -0.240. The molecule has 1 fully saturated rings. The fraction of sp³-hybridized carbons (Fsp3) is 1.00. The molecular formula is C11H24N2O4. The molecule has 17 heavy (non-hydrogen) atoms. The van der Waals surface area contributed by atoms with Crippen LogP contribution >= 0.6 is 0 Å². The van der Waals surface area contributed by atoms with Gasteiger partial charge in [-0.25, -0.2) is 5.90 Å². The van der Waals surface area contributed by atoms with E-state index in [1.165, 1.54) is 0 Å². The van der Waals surface area contributed by atoms with Gasteiger partial charge in [0.15, 0.2) is 0 Å². The smallest absolute Gasteiger partial charge is 0.133 e. The number of hydrogen-bond donors (Lipinski definition) is 4. The maximum atomic E-state index is 9.96. The molecule has 6 heteroatoms. The summed E-state index contributed by atoms with van der Waals surface area (Å²) in [4.78, 5) is 6.49. The highest BCUT2D eigenvalue weighted by atomic mass is 16.6. The second kappa shape index (κ2) is 7.25. The lowest BCUT2D eigenvalue weighted by molar-refractivity contribution is -0.169. The summed E-state index contributed by atoms with van der Waals surface area (Å²) in [5, 5.41) is 29.1. The van der Waals surface area contributed by atoms with Crippen molar-refractivity contribution in [2.24, 2.45) is 5.90 Å². The molecular weight excluding hydrogens is 224 g/mol. The standard InChI is InChI=1S/C11H24N2O4/c1-2-3-4-5-13-6-9(15)11(17-12)10(16)8(13)7-14/h8-11,14-16H,2-7,12H2,1H3/t8-,9+,10-,11-/m1/s1. The largest absolute Gasteiger partial charge is 0.395 e. The Bertz CT molecular complexity index is 218. The van der Waals surface area contributed by atoms with Crippen LogP contribution in [0.2, 0.25) is 0 Å². The van der Waals surface area contributed by atoms with Gasteiger partial charge in [-0.15, -0.1) is 0 Å². The number of β-amino-alcohol motifs (C(OH)–C–C–N with tert-alkyl or cyclic N) is 1. The average molecular weight is 248 g/mol. The van der Waals surface area contributed by atoms with Crippen molar-refractivity contribution in [3.05, 3.63) is 0 Å². The molecule has 0 aromatic carbocycles. The molecule has 6 nitrogen and oxygen atoms in total. The molecule has 4 atom stereocenters. The highest BCUT2D eigenvalue weighted by Gasteiger charge is 2.42. The maximum Gasteiger partial charge on any atom is 0.133 e. The van der Waals surface area contributed by atoms with E-state index in [4.69, 9.17) is 5.90 Å². The minimum absolute atomic E-state index is 0.167. The van der Waals surface area contributed by atoms with Crippen molar-refractivity contribution >= 4 is 0 Å². The Morgan fingerprint density at radius 3 is 2.59 bits per heavy atom. The van der Waals surface area contributed by atoms with Gasteiger partial charge in [0.25, 0.3) is 0 Å². The van der Waals surface area contributed by atoms with E-state index in [-0.39, 0.29) is 6.61 Å². The van der Waals surface area contributed by atoms with Crippen molar-refractivity contribution in [2.75, 3.05) is 19.7 Å². The lowest BCUT2D eigenvalue weighted by atomic mass is 9.94. The fourth-order valence-corrected chi connectivity index (χ4v) is 2.36. The van der Waals surface area contributed by atoms with Crippen molar-refractivity contribution in [1.29, 1.82) is 0 Å². The van der Waals surface area contributed by atoms with Crippen molar-refractivity contribution in [3.8, 4) is 0 Å². The number of hydrogen-bond acceptors (Lipinski definition) is 6. The van der Waals surface area contributed by atoms with Crippen LogP contribution in [0.3, 0.4) is 0 Å². The Balaban J connectivity index is 2.58. The predicted molar refractivity (Wildman–Crippen MR) is 63.0 cm³/mol. The third-order valence-electron chi connectivity index (χ3n) is 3.39. The average Bonchev–Trinajstić information content (AvgIpc) is 2.30. The van der Waals surface area contributed by atoms with Gasteiger partial charge in [0.05, 0.1) is 18.8 Å². The molecule has 0 aliphatic carbocycles. The number of nitrogens with zero attached hydrogens (tertiary/aromatic N) is 1. The van der Waals surface area contributed by atoms with Crippen LogP contribution in [0.25, 0.3) is 0 Å². The van der Waals surface area contributed by atoms with Gasteiger partial charge in [-0.2, -0.15) is 0 Å². The van der Waals surface area contributed by atoms with Crippen LogP contribution in [-0.2, 0) is 4.84 Å². The highest BCUT2D eigenvalue weighted by Crippen LogP contribution is 2.21. The second-order valence-electron chi connectivity index (χ2n) is 4.61. The summed E-state index contributed by atoms with van der Waals surface area (Å²) in [5.41, 5.74) is 0. The topological polar surface area (TPSA) is 99.2 Å². The van der Waals surface area contributed by atoms with Gasteiger partial charge < -0.3 is 15.3 Å². The van der Waals surface area contributed by atoms with Gasteiger partial charge in [-0.05, 0) is 13.0 Å². The van der Waals surface area contributed by atoms with Gasteiger partial charge in [-0.1, -0.05) is 19.8 Å². The van der Waals surface area contributed by atoms with Crippen molar-refractivity contribution in [3.63, 3.8) is 0 Å². The van der Waals surface area contributed by atoms with E-state index in [1.54, 1.807) is 0 Å². The van der Waals surface area contributed by atoms with Gasteiger partial charge >= 0.3 is 0 Å². The van der Waals surface area contributed by atoms with E-state index >= 15 is 0 Å². The Kier molecular flexibility index (Phi) is 6.32. The molecule has 0 radical (unpaired) electrons. The Morgan fingerprint density at radius 2 is 2.06 bits per heavy atom. The Morgan fingerprint density at radius 1 is 1.35 bits per heavy atom. The van der Waals surface area contributed by atoms with E-state index in [2.05, 4.69) is 11.8 Å². The molecule has 0 aromatic heterocycles. The molecule has 5 N–H and O–H groups in total. The van der Waals surface area contributed by atoms with Gasteiger partial charge in [-0.3, -0.25) is 9.74 Å². The third kappa shape index (κ3) is 3.61. The first-order chi connectivity index (χ1) is 8.15. The highest BCUT2D eigenvalue weighted by molar-refractivity contribution is 4.94. The van der Waals surface area contributed by atoms with Crippen LogP contribution in [0.1, 0.15) is 26.2 Å². The number of unbranched alkanes of at least 4 members (excludes halogenated alkanes) is 2. The molecule has 0 saturated carbocycles. The summed E-state index contributed by atoms with van der Waals surface area (Å²) in [6, 6.07) is -0.413. The summed E-state index contributed by atoms with van der Waals surface area (Å²) >= 11 is 0. The molecule has 0 amide bonds. The zero-order valence-electron chi connectivity index (χ0n) is 10.3. The zero-order valence-corrected chi connectivity index (χ0v) is 10.3. The Labute approximate surface area is 102 Å². The van der Waals surface area contributed by atoms with E-state index in [9.17, 15) is 15.3 Å². The molecule has 1 saturated heterocycles. The minimum Gasteiger partial charge on any atom is -0.395 e. The zero-order chi connectivity index (χ0) is 12.8. The first kappa shape index (κ1) is 14.8. The number of nitrogens with two attached hydrogens (primary N) is 1. The summed E-state index contributed by atoms with van der Waals surface area (Å²) in [5.74, 6) is 5.05. The van der Waals surface area contributed by atoms with Crippen LogP contribution in [0.15, 0.2) is 0 Å². The number of likely N-dealkylation sites (tertiary alicyclic amines) is 1. The van der Waals surface area contributed by atoms with Gasteiger partial charge in [0.2, 0.25) is 0 Å². The van der Waals surface area contributed by atoms with E-state index in [0.717, 1.165) is 25.8 Å². The second-order valence-corrected chi connectivity index (χ2v) is 4.61. The lowest BCUT2D eigenvalue weighted by Crippen LogP contribution is -2.63. The maximum absolute atomic E-state index is 9.96. The molecule has 102 valence electrons. The van der Waals surface area contributed by atoms with Gasteiger partial charge in [0.1, 0.15) is 12.2 Å². The molecule has 1 aliphatic rings. The fourth-order valence-electron chi connectivity index (χ4n) is 2.36. The normalized spacial score (nSPS) is 35.1. The number of aliphatic hydroxyl groups excluding tert-OH is 3. The van der Waals surface area contributed by atoms with Crippen molar-refractivity contribution < 1.29 is 20.2 Å². The monoisotopic (exact) mass is 248 g/mol. The lowest BCUT2D eigenvalue weighted by Gasteiger charge is -2.43. The molecule has 1 rings (SSSR count).